The number of nitrogens with one attached hydrogen (secondary N) is 1. The maximum absolute atomic E-state index is 10.2. The molecule has 1 aliphatic rings. The molecule has 6 nitrogen and oxygen atoms in total. The fourth-order valence-electron chi connectivity index (χ4n) is 8.64. The first-order valence-electron chi connectivity index (χ1n) is 17.9. The Hall–Kier alpha value is -7.05. The number of hydrogen-bond acceptors (Lipinski definition) is 3. The Morgan fingerprint density at radius 2 is 0.981 bits per heavy atom. The van der Waals surface area contributed by atoms with Crippen molar-refractivity contribution in [1.29, 1.82) is 0 Å². The lowest BCUT2D eigenvalue weighted by molar-refractivity contribution is 0.475. The molecule has 3 N–H and O–H groups in total. The number of aromatic nitrogens is 4. The number of aromatic amines is 1. The highest BCUT2D eigenvalue weighted by Gasteiger charge is 2.24. The molecule has 0 spiro atoms. The third-order valence-electron chi connectivity index (χ3n) is 11.1. The molecule has 0 unspecified atom stereocenters. The quantitative estimate of drug-likeness (QED) is 0.173. The minimum absolute atomic E-state index is 0.260. The number of pyridine rings is 1. The van der Waals surface area contributed by atoms with Crippen LogP contribution in [-0.2, 0) is 12.8 Å². The van der Waals surface area contributed by atoms with Gasteiger partial charge in [-0.3, -0.25) is 4.98 Å². The van der Waals surface area contributed by atoms with Crippen LogP contribution in [0.5, 0.6) is 11.5 Å². The lowest BCUT2D eigenvalue weighted by Gasteiger charge is -2.21. The van der Waals surface area contributed by atoms with Crippen LogP contribution in [0.1, 0.15) is 11.1 Å². The fourth-order valence-corrected chi connectivity index (χ4v) is 8.64. The van der Waals surface area contributed by atoms with Crippen LogP contribution in [-0.4, -0.2) is 29.3 Å². The number of rotatable bonds is 4. The zero-order valence-electron chi connectivity index (χ0n) is 28.6. The minimum Gasteiger partial charge on any atom is -0.508 e. The predicted molar refractivity (Wildman–Crippen MR) is 214 cm³/mol. The summed E-state index contributed by atoms with van der Waals surface area (Å²) in [6.45, 7) is 0. The molecule has 0 saturated carbocycles. The summed E-state index contributed by atoms with van der Waals surface area (Å²) in [6, 6.07) is 44.0. The maximum atomic E-state index is 10.2. The van der Waals surface area contributed by atoms with Gasteiger partial charge >= 0.3 is 0 Å². The Bertz CT molecular complexity index is 3080. The molecule has 1 aliphatic carbocycles. The van der Waals surface area contributed by atoms with E-state index >= 15 is 0 Å². The highest BCUT2D eigenvalue weighted by Crippen LogP contribution is 2.45. The Labute approximate surface area is 304 Å². The largest absolute Gasteiger partial charge is 0.508 e. The van der Waals surface area contributed by atoms with Gasteiger partial charge in [-0.15, -0.1) is 0 Å². The second-order valence-corrected chi connectivity index (χ2v) is 14.1. The highest BCUT2D eigenvalue weighted by molar-refractivity contribution is 6.14. The molecule has 4 aromatic heterocycles. The van der Waals surface area contributed by atoms with E-state index in [-0.39, 0.29) is 11.5 Å². The summed E-state index contributed by atoms with van der Waals surface area (Å²) >= 11 is 0. The van der Waals surface area contributed by atoms with Crippen LogP contribution >= 0.6 is 0 Å². The maximum Gasteiger partial charge on any atom is 0.116 e. The first kappa shape index (κ1) is 29.7. The van der Waals surface area contributed by atoms with Crippen molar-refractivity contribution in [3.05, 3.63) is 163 Å². The lowest BCUT2D eigenvalue weighted by Crippen LogP contribution is -2.05. The number of fused-ring (bicyclic) bond motifs is 9. The van der Waals surface area contributed by atoms with Crippen molar-refractivity contribution >= 4 is 43.6 Å². The molecule has 0 radical (unpaired) electrons. The average Bonchev–Trinajstić information content (AvgIpc) is 3.91. The van der Waals surface area contributed by atoms with E-state index in [0.717, 1.165) is 68.5 Å². The van der Waals surface area contributed by atoms with Gasteiger partial charge < -0.3 is 24.3 Å². The van der Waals surface area contributed by atoms with Gasteiger partial charge in [0.2, 0.25) is 0 Å². The highest BCUT2D eigenvalue weighted by atomic mass is 16.3. The minimum atomic E-state index is 0.260. The van der Waals surface area contributed by atoms with Crippen LogP contribution in [0.4, 0.5) is 0 Å². The molecule has 6 heteroatoms. The number of hydrogen-bond donors (Lipinski definition) is 3. The zero-order chi connectivity index (χ0) is 35.2. The van der Waals surface area contributed by atoms with Gasteiger partial charge in [-0.2, -0.15) is 0 Å². The SMILES string of the molecule is Oc1cccc(-c2ccc3c(c2)c2cc4c(cc2n3-c2ccncc2)-c2cc3c(cc2CC4)c2cc(-c4cccc(O)c4)ccc2n3-c2cc[nH]c2)c1. The van der Waals surface area contributed by atoms with Crippen LogP contribution in [0.25, 0.3) is 88.4 Å². The second-order valence-electron chi connectivity index (χ2n) is 14.1. The van der Waals surface area contributed by atoms with Crippen molar-refractivity contribution in [2.24, 2.45) is 0 Å². The Balaban J connectivity index is 1.16. The number of aryl methyl sites for hydroxylation is 2. The van der Waals surface area contributed by atoms with Crippen molar-refractivity contribution in [2.75, 3.05) is 0 Å². The lowest BCUT2D eigenvalue weighted by atomic mass is 9.84. The van der Waals surface area contributed by atoms with Crippen molar-refractivity contribution < 1.29 is 10.2 Å². The molecule has 0 bridgehead atoms. The third-order valence-corrected chi connectivity index (χ3v) is 11.1. The van der Waals surface area contributed by atoms with Crippen LogP contribution in [0.3, 0.4) is 0 Å². The summed E-state index contributed by atoms with van der Waals surface area (Å²) < 4.78 is 4.71. The first-order chi connectivity index (χ1) is 26.1. The third kappa shape index (κ3) is 4.55. The molecule has 0 saturated heterocycles. The number of phenols is 2. The van der Waals surface area contributed by atoms with Gasteiger partial charge in [-0.1, -0.05) is 36.4 Å². The molecule has 0 amide bonds. The summed E-state index contributed by atoms with van der Waals surface area (Å²) in [4.78, 5) is 7.60. The number of aromatic hydroxyl groups is 2. The van der Waals surface area contributed by atoms with E-state index in [0.29, 0.717) is 0 Å². The van der Waals surface area contributed by atoms with Crippen LogP contribution < -0.4 is 0 Å². The zero-order valence-corrected chi connectivity index (χ0v) is 28.6. The monoisotopic (exact) mass is 684 g/mol. The summed E-state index contributed by atoms with van der Waals surface area (Å²) in [5.74, 6) is 0.523. The molecule has 10 aromatic rings. The molecule has 6 aromatic carbocycles. The normalized spacial score (nSPS) is 12.5. The van der Waals surface area contributed by atoms with E-state index in [1.165, 1.54) is 43.8 Å². The van der Waals surface area contributed by atoms with E-state index in [1.807, 2.05) is 55.0 Å². The molecular weight excluding hydrogens is 653 g/mol. The first-order valence-corrected chi connectivity index (χ1v) is 17.9. The Morgan fingerprint density at radius 1 is 0.472 bits per heavy atom. The van der Waals surface area contributed by atoms with E-state index in [9.17, 15) is 10.2 Å². The molecular formula is C47H32N4O2. The summed E-state index contributed by atoms with van der Waals surface area (Å²) in [6.07, 6.45) is 9.63. The second kappa shape index (κ2) is 11.2. The standard InChI is InChI=1S/C47H32N4O2/c52-36-5-1-3-28(19-36)30-9-11-44-40(21-30)42-23-32-7-8-33-24-43-41-22-31(29-4-2-6-37(53)20-29)10-12-45(41)51(35-15-18-49-27-35)47(43)26-39(33)38(32)25-46(42)50(44)34-13-16-48-17-14-34/h1-6,9-27,49,52-53H,7-8H2. The number of benzene rings is 6. The van der Waals surface area contributed by atoms with Crippen LogP contribution in [0.2, 0.25) is 0 Å². The van der Waals surface area contributed by atoms with Crippen molar-refractivity contribution in [2.45, 2.75) is 12.8 Å². The molecule has 0 fully saturated rings. The van der Waals surface area contributed by atoms with Gasteiger partial charge in [0.15, 0.2) is 0 Å². The Morgan fingerprint density at radius 3 is 1.49 bits per heavy atom. The topological polar surface area (TPSA) is 79.0 Å². The van der Waals surface area contributed by atoms with Gasteiger partial charge in [0.1, 0.15) is 11.5 Å². The molecule has 11 rings (SSSR count). The summed E-state index contributed by atoms with van der Waals surface area (Å²) in [5, 5.41) is 25.3. The molecule has 252 valence electrons. The van der Waals surface area contributed by atoms with Gasteiger partial charge in [-0.05, 0) is 148 Å². The molecule has 0 atom stereocenters. The predicted octanol–water partition coefficient (Wildman–Crippen LogP) is 11.1. The molecule has 53 heavy (non-hydrogen) atoms. The van der Waals surface area contributed by atoms with Crippen molar-refractivity contribution in [1.82, 2.24) is 19.1 Å². The summed E-state index contributed by atoms with van der Waals surface area (Å²) in [7, 11) is 0. The molecule has 4 heterocycles. The van der Waals surface area contributed by atoms with E-state index in [1.54, 1.807) is 12.1 Å². The van der Waals surface area contributed by atoms with Gasteiger partial charge in [0, 0.05) is 52.0 Å². The van der Waals surface area contributed by atoms with Crippen LogP contribution in [0, 0.1) is 0 Å². The summed E-state index contributed by atoms with van der Waals surface area (Å²) in [5.41, 5.74) is 16.0. The molecule has 0 aliphatic heterocycles. The smallest absolute Gasteiger partial charge is 0.116 e. The van der Waals surface area contributed by atoms with Gasteiger partial charge in [0.25, 0.3) is 0 Å². The van der Waals surface area contributed by atoms with Gasteiger partial charge in [0.05, 0.1) is 27.8 Å². The van der Waals surface area contributed by atoms with Crippen molar-refractivity contribution in [3.8, 4) is 56.3 Å². The fraction of sp³-hybridized carbons (Fsp3) is 0.0426. The number of nitrogens with zero attached hydrogens (tertiary/aromatic N) is 3. The Kier molecular flexibility index (Phi) is 6.28. The van der Waals surface area contributed by atoms with Crippen molar-refractivity contribution in [3.63, 3.8) is 0 Å². The van der Waals surface area contributed by atoms with E-state index in [4.69, 9.17) is 0 Å². The van der Waals surface area contributed by atoms with Gasteiger partial charge in [-0.25, -0.2) is 0 Å². The van der Waals surface area contributed by atoms with Crippen LogP contribution in [0.15, 0.2) is 152 Å². The van der Waals surface area contributed by atoms with E-state index in [2.05, 4.69) is 104 Å². The van der Waals surface area contributed by atoms with E-state index < -0.39 is 0 Å². The number of phenolic OH excluding ortho intramolecular Hbond substituents is 2. The average molecular weight is 685 g/mol. The number of H-pyrrole nitrogens is 1.